The first kappa shape index (κ1) is 20.6. The molecule has 0 radical (unpaired) electrons. The van der Waals surface area contributed by atoms with E-state index in [0.29, 0.717) is 24.6 Å². The molecule has 1 aromatic carbocycles. The van der Waals surface area contributed by atoms with Gasteiger partial charge in [-0.3, -0.25) is 4.79 Å². The molecule has 0 saturated carbocycles. The highest BCUT2D eigenvalue weighted by Gasteiger charge is 2.27. The maximum atomic E-state index is 13.3. The number of H-pyrrole nitrogens is 1. The van der Waals surface area contributed by atoms with E-state index in [2.05, 4.69) is 40.9 Å². The van der Waals surface area contributed by atoms with E-state index < -0.39 is 0 Å². The zero-order chi connectivity index (χ0) is 20.9. The minimum atomic E-state index is -0.309. The fourth-order valence-electron chi connectivity index (χ4n) is 3.89. The summed E-state index contributed by atoms with van der Waals surface area (Å²) < 4.78 is 5.33. The molecule has 1 unspecified atom stereocenters. The highest BCUT2D eigenvalue weighted by Crippen LogP contribution is 2.23. The minimum absolute atomic E-state index is 0.154. The lowest BCUT2D eigenvalue weighted by molar-refractivity contribution is -0.134. The van der Waals surface area contributed by atoms with Gasteiger partial charge in [-0.25, -0.2) is 4.72 Å². The Morgan fingerprint density at radius 1 is 1.33 bits per heavy atom. The molecule has 2 aromatic heterocycles. The van der Waals surface area contributed by atoms with Gasteiger partial charge in [-0.05, 0) is 72.8 Å². The van der Waals surface area contributed by atoms with Crippen molar-refractivity contribution >= 4 is 28.8 Å². The highest BCUT2D eigenvalue weighted by molar-refractivity contribution is 7.97. The van der Waals surface area contributed by atoms with Gasteiger partial charge in [0.25, 0.3) is 0 Å². The third-order valence-corrected chi connectivity index (χ3v) is 6.73. The quantitative estimate of drug-likeness (QED) is 0.562. The third kappa shape index (κ3) is 4.72. The van der Waals surface area contributed by atoms with Crippen LogP contribution in [0.5, 0.6) is 0 Å². The molecule has 1 aliphatic heterocycles. The summed E-state index contributed by atoms with van der Waals surface area (Å²) in [5, 5.41) is 10.4. The number of piperidine rings is 1. The van der Waals surface area contributed by atoms with Gasteiger partial charge in [0, 0.05) is 42.4 Å². The van der Waals surface area contributed by atoms with Gasteiger partial charge in [-0.1, -0.05) is 13.0 Å². The summed E-state index contributed by atoms with van der Waals surface area (Å²) in [4.78, 5) is 19.6. The standard InChI is InChI=1S/C23H27N5OS/c1-17-7-12-28(13-8-17)23(29)21(9-14-27-11-2-3-19(27)16-24)26-30-20-5-4-18-6-10-25-22(18)15-20/h2-6,10-11,15,17,21,25-26H,7-9,12-14H2,1H3. The van der Waals surface area contributed by atoms with Gasteiger partial charge in [0.05, 0.1) is 6.04 Å². The van der Waals surface area contributed by atoms with Crippen molar-refractivity contribution in [3.05, 3.63) is 54.5 Å². The van der Waals surface area contributed by atoms with E-state index in [0.717, 1.165) is 36.3 Å². The first-order valence-corrected chi connectivity index (χ1v) is 11.3. The molecular formula is C23H27N5OS. The van der Waals surface area contributed by atoms with E-state index >= 15 is 0 Å². The summed E-state index contributed by atoms with van der Waals surface area (Å²) in [6.45, 7) is 4.52. The number of rotatable bonds is 7. The molecule has 1 aliphatic rings. The summed E-state index contributed by atoms with van der Waals surface area (Å²) in [6, 6.07) is 13.9. The summed E-state index contributed by atoms with van der Waals surface area (Å²) in [6.07, 6.45) is 6.58. The van der Waals surface area contributed by atoms with Crippen LogP contribution < -0.4 is 4.72 Å². The maximum Gasteiger partial charge on any atom is 0.240 e. The molecule has 156 valence electrons. The van der Waals surface area contributed by atoms with Crippen LogP contribution in [-0.2, 0) is 11.3 Å². The van der Waals surface area contributed by atoms with Crippen LogP contribution in [0, 0.1) is 17.2 Å². The largest absolute Gasteiger partial charge is 0.361 e. The Labute approximate surface area is 181 Å². The SMILES string of the molecule is CC1CCN(C(=O)C(CCn2cccc2C#N)NSc2ccc3cc[nH]c3c2)CC1. The molecule has 3 heterocycles. The minimum Gasteiger partial charge on any atom is -0.361 e. The molecule has 7 heteroatoms. The number of benzene rings is 1. The number of aromatic amines is 1. The third-order valence-electron chi connectivity index (χ3n) is 5.84. The summed E-state index contributed by atoms with van der Waals surface area (Å²) in [5.41, 5.74) is 1.71. The van der Waals surface area contributed by atoms with Gasteiger partial charge in [-0.2, -0.15) is 5.26 Å². The van der Waals surface area contributed by atoms with E-state index in [9.17, 15) is 10.1 Å². The predicted molar refractivity (Wildman–Crippen MR) is 120 cm³/mol. The van der Waals surface area contributed by atoms with Crippen molar-refractivity contribution in [3.63, 3.8) is 0 Å². The number of amides is 1. The molecule has 3 aromatic rings. The average molecular weight is 422 g/mol. The highest BCUT2D eigenvalue weighted by atomic mass is 32.2. The summed E-state index contributed by atoms with van der Waals surface area (Å²) >= 11 is 1.50. The Balaban J connectivity index is 1.45. The van der Waals surface area contributed by atoms with E-state index in [1.165, 1.54) is 17.3 Å². The van der Waals surface area contributed by atoms with Gasteiger partial charge in [-0.15, -0.1) is 0 Å². The number of aromatic nitrogens is 2. The average Bonchev–Trinajstić information content (AvgIpc) is 3.42. The number of nitrogens with one attached hydrogen (secondary N) is 2. The van der Waals surface area contributed by atoms with Gasteiger partial charge in [0.15, 0.2) is 0 Å². The molecule has 4 rings (SSSR count). The van der Waals surface area contributed by atoms with Crippen molar-refractivity contribution in [2.24, 2.45) is 5.92 Å². The molecule has 2 N–H and O–H groups in total. The van der Waals surface area contributed by atoms with Gasteiger partial charge in [0.2, 0.25) is 5.91 Å². The van der Waals surface area contributed by atoms with E-state index in [1.54, 1.807) is 6.07 Å². The number of nitriles is 1. The second-order valence-corrected chi connectivity index (χ2v) is 8.91. The topological polar surface area (TPSA) is 76.8 Å². The monoisotopic (exact) mass is 421 g/mol. The van der Waals surface area contributed by atoms with Crippen molar-refractivity contribution in [2.75, 3.05) is 13.1 Å². The molecule has 0 spiro atoms. The second kappa shape index (κ2) is 9.41. The number of fused-ring (bicyclic) bond motifs is 1. The zero-order valence-corrected chi connectivity index (χ0v) is 18.0. The smallest absolute Gasteiger partial charge is 0.240 e. The van der Waals surface area contributed by atoms with Crippen LogP contribution in [0.4, 0.5) is 0 Å². The van der Waals surface area contributed by atoms with Gasteiger partial charge in [0.1, 0.15) is 11.8 Å². The van der Waals surface area contributed by atoms with Crippen LogP contribution in [0.15, 0.2) is 53.7 Å². The Hall–Kier alpha value is -2.69. The maximum absolute atomic E-state index is 13.3. The normalized spacial score (nSPS) is 15.9. The number of carbonyl (C=O) groups excluding carboxylic acids is 1. The number of hydrogen-bond donors (Lipinski definition) is 2. The number of carbonyl (C=O) groups is 1. The zero-order valence-electron chi connectivity index (χ0n) is 17.2. The fraction of sp³-hybridized carbons (Fsp3) is 0.391. The predicted octanol–water partition coefficient (Wildman–Crippen LogP) is 4.16. The lowest BCUT2D eigenvalue weighted by Crippen LogP contribution is -2.47. The van der Waals surface area contributed by atoms with Crippen LogP contribution >= 0.6 is 11.9 Å². The Morgan fingerprint density at radius 2 is 2.17 bits per heavy atom. The van der Waals surface area contributed by atoms with Gasteiger partial charge >= 0.3 is 0 Å². The van der Waals surface area contributed by atoms with Crippen LogP contribution in [0.25, 0.3) is 10.9 Å². The van der Waals surface area contributed by atoms with Crippen LogP contribution in [0.1, 0.15) is 31.9 Å². The Morgan fingerprint density at radius 3 is 2.97 bits per heavy atom. The first-order chi connectivity index (χ1) is 14.6. The fourth-order valence-corrected chi connectivity index (χ4v) is 4.70. The van der Waals surface area contributed by atoms with Crippen molar-refractivity contribution in [1.82, 2.24) is 19.2 Å². The molecule has 1 fully saturated rings. The van der Waals surface area contributed by atoms with E-state index in [4.69, 9.17) is 0 Å². The summed E-state index contributed by atoms with van der Waals surface area (Å²) in [5.74, 6) is 0.835. The van der Waals surface area contributed by atoms with Crippen LogP contribution in [-0.4, -0.2) is 39.5 Å². The lowest BCUT2D eigenvalue weighted by atomic mass is 9.98. The molecule has 1 saturated heterocycles. The van der Waals surface area contributed by atoms with E-state index in [1.807, 2.05) is 34.0 Å². The van der Waals surface area contributed by atoms with Crippen LogP contribution in [0.3, 0.4) is 0 Å². The molecule has 0 aliphatic carbocycles. The molecular weight excluding hydrogens is 394 g/mol. The van der Waals surface area contributed by atoms with Crippen LogP contribution in [0.2, 0.25) is 0 Å². The molecule has 1 atom stereocenters. The van der Waals surface area contributed by atoms with Crippen molar-refractivity contribution in [2.45, 2.75) is 43.7 Å². The van der Waals surface area contributed by atoms with Gasteiger partial charge < -0.3 is 14.5 Å². The lowest BCUT2D eigenvalue weighted by Gasteiger charge is -2.33. The molecule has 1 amide bonds. The van der Waals surface area contributed by atoms with E-state index in [-0.39, 0.29) is 11.9 Å². The van der Waals surface area contributed by atoms with Crippen molar-refractivity contribution < 1.29 is 4.79 Å². The number of aryl methyl sites for hydroxylation is 1. The number of nitrogens with zero attached hydrogens (tertiary/aromatic N) is 3. The Bertz CT molecular complexity index is 1040. The number of likely N-dealkylation sites (tertiary alicyclic amines) is 1. The van der Waals surface area contributed by atoms with Crippen molar-refractivity contribution in [1.29, 1.82) is 5.26 Å². The van der Waals surface area contributed by atoms with Crippen molar-refractivity contribution in [3.8, 4) is 6.07 Å². The summed E-state index contributed by atoms with van der Waals surface area (Å²) in [7, 11) is 0. The molecule has 30 heavy (non-hydrogen) atoms. The first-order valence-electron chi connectivity index (χ1n) is 10.5. The molecule has 6 nitrogen and oxygen atoms in total. The Kier molecular flexibility index (Phi) is 6.46. The second-order valence-electron chi connectivity index (χ2n) is 7.99. The molecule has 0 bridgehead atoms. The number of hydrogen-bond acceptors (Lipinski definition) is 4.